The molecule has 2 rings (SSSR count). The zero-order valence-electron chi connectivity index (χ0n) is 7.79. The van der Waals surface area contributed by atoms with Crippen LogP contribution < -0.4 is 0 Å². The first kappa shape index (κ1) is 10.3. The number of halogens is 2. The highest BCUT2D eigenvalue weighted by molar-refractivity contribution is 6.35. The van der Waals surface area contributed by atoms with Crippen molar-refractivity contribution in [3.63, 3.8) is 0 Å². The number of carbonyl (C=O) groups is 1. The molecule has 1 N–H and O–H groups in total. The summed E-state index contributed by atoms with van der Waals surface area (Å²) in [5.74, 6) is -1.03. The first-order chi connectivity index (χ1) is 7.02. The van der Waals surface area contributed by atoms with E-state index in [1.165, 1.54) is 0 Å². The number of carboxylic acids is 1. The van der Waals surface area contributed by atoms with Crippen LogP contribution in [0.15, 0.2) is 18.2 Å². The largest absolute Gasteiger partial charge is 0.478 e. The fraction of sp³-hybridized carbons (Fsp3) is 0.100. The summed E-state index contributed by atoms with van der Waals surface area (Å²) in [6, 6.07) is 4.99. The lowest BCUT2D eigenvalue weighted by molar-refractivity contribution is 0.0699. The van der Waals surface area contributed by atoms with Crippen LogP contribution in [0.2, 0.25) is 10.2 Å². The maximum atomic E-state index is 11.0. The van der Waals surface area contributed by atoms with Crippen LogP contribution in [-0.2, 0) is 7.05 Å². The van der Waals surface area contributed by atoms with E-state index in [-0.39, 0.29) is 10.7 Å². The number of carboxylic acid groups (broad SMARTS) is 1. The van der Waals surface area contributed by atoms with Crippen LogP contribution in [0.25, 0.3) is 10.9 Å². The molecule has 0 aliphatic rings. The van der Waals surface area contributed by atoms with Gasteiger partial charge in [0.05, 0.1) is 5.52 Å². The van der Waals surface area contributed by atoms with Crippen molar-refractivity contribution in [1.82, 2.24) is 4.57 Å². The predicted octanol–water partition coefficient (Wildman–Crippen LogP) is 3.18. The third kappa shape index (κ3) is 1.48. The Balaban J connectivity index is 2.93. The zero-order valence-corrected chi connectivity index (χ0v) is 9.30. The first-order valence-corrected chi connectivity index (χ1v) is 4.94. The van der Waals surface area contributed by atoms with E-state index in [0.717, 1.165) is 0 Å². The van der Waals surface area contributed by atoms with Gasteiger partial charge in [-0.15, -0.1) is 0 Å². The Bertz CT molecular complexity index is 560. The quantitative estimate of drug-likeness (QED) is 0.836. The standard InChI is InChI=1S/C10H7Cl2NO2/c1-13-7-4-5(11)2-3-6(7)8(9(13)12)10(14)15/h2-4H,1H3,(H,14,15). The highest BCUT2D eigenvalue weighted by Gasteiger charge is 2.18. The lowest BCUT2D eigenvalue weighted by Gasteiger charge is -1.96. The van der Waals surface area contributed by atoms with Crippen molar-refractivity contribution in [3.8, 4) is 0 Å². The molecule has 0 saturated heterocycles. The Morgan fingerprint density at radius 2 is 2.07 bits per heavy atom. The van der Waals surface area contributed by atoms with Crippen LogP contribution in [0.4, 0.5) is 0 Å². The number of hydrogen-bond donors (Lipinski definition) is 1. The van der Waals surface area contributed by atoms with Gasteiger partial charge in [0, 0.05) is 17.5 Å². The minimum Gasteiger partial charge on any atom is -0.478 e. The Hall–Kier alpha value is -1.19. The fourth-order valence-electron chi connectivity index (χ4n) is 1.58. The zero-order chi connectivity index (χ0) is 11.2. The number of rotatable bonds is 1. The summed E-state index contributed by atoms with van der Waals surface area (Å²) in [6.07, 6.45) is 0. The van der Waals surface area contributed by atoms with E-state index in [4.69, 9.17) is 28.3 Å². The van der Waals surface area contributed by atoms with E-state index in [1.54, 1.807) is 29.8 Å². The van der Waals surface area contributed by atoms with Crippen LogP contribution >= 0.6 is 23.2 Å². The molecule has 0 fully saturated rings. The first-order valence-electron chi connectivity index (χ1n) is 4.19. The van der Waals surface area contributed by atoms with E-state index in [0.29, 0.717) is 15.9 Å². The molecule has 0 atom stereocenters. The van der Waals surface area contributed by atoms with Gasteiger partial charge in [-0.25, -0.2) is 4.79 Å². The molecule has 1 aromatic heterocycles. The number of aryl methyl sites for hydroxylation is 1. The molecular weight excluding hydrogens is 237 g/mol. The maximum Gasteiger partial charge on any atom is 0.339 e. The van der Waals surface area contributed by atoms with Crippen molar-refractivity contribution in [2.45, 2.75) is 0 Å². The fourth-order valence-corrected chi connectivity index (χ4v) is 2.02. The summed E-state index contributed by atoms with van der Waals surface area (Å²) in [7, 11) is 1.70. The molecule has 0 unspecified atom stereocenters. The van der Waals surface area contributed by atoms with Gasteiger partial charge in [-0.2, -0.15) is 0 Å². The SMILES string of the molecule is Cn1c(Cl)c(C(=O)O)c2ccc(Cl)cc21. The Kier molecular flexibility index (Phi) is 2.37. The maximum absolute atomic E-state index is 11.0. The number of aromatic nitrogens is 1. The molecule has 78 valence electrons. The second-order valence-electron chi connectivity index (χ2n) is 3.19. The summed E-state index contributed by atoms with van der Waals surface area (Å²) in [6.45, 7) is 0. The molecule has 0 aliphatic heterocycles. The Morgan fingerprint density at radius 3 is 2.67 bits per heavy atom. The van der Waals surface area contributed by atoms with Gasteiger partial charge in [0.15, 0.2) is 0 Å². The lowest BCUT2D eigenvalue weighted by atomic mass is 10.2. The number of fused-ring (bicyclic) bond motifs is 1. The molecule has 1 aromatic carbocycles. The van der Waals surface area contributed by atoms with Crippen molar-refractivity contribution in [1.29, 1.82) is 0 Å². The molecule has 0 bridgehead atoms. The van der Waals surface area contributed by atoms with Crippen LogP contribution in [-0.4, -0.2) is 15.6 Å². The molecule has 5 heteroatoms. The van der Waals surface area contributed by atoms with Crippen molar-refractivity contribution in [2.24, 2.45) is 7.05 Å². The van der Waals surface area contributed by atoms with Crippen molar-refractivity contribution < 1.29 is 9.90 Å². The van der Waals surface area contributed by atoms with Crippen LogP contribution in [0, 0.1) is 0 Å². The Labute approximate surface area is 95.8 Å². The molecule has 2 aromatic rings. The van der Waals surface area contributed by atoms with E-state index in [2.05, 4.69) is 0 Å². The van der Waals surface area contributed by atoms with Crippen molar-refractivity contribution >= 4 is 40.1 Å². The molecule has 0 radical (unpaired) electrons. The van der Waals surface area contributed by atoms with E-state index in [9.17, 15) is 4.79 Å². The summed E-state index contributed by atoms with van der Waals surface area (Å²) < 4.78 is 1.60. The normalized spacial score (nSPS) is 10.9. The van der Waals surface area contributed by atoms with Crippen molar-refractivity contribution in [2.75, 3.05) is 0 Å². The average Bonchev–Trinajstić information content (AvgIpc) is 2.41. The van der Waals surface area contributed by atoms with Gasteiger partial charge < -0.3 is 9.67 Å². The summed E-state index contributed by atoms with van der Waals surface area (Å²) >= 11 is 11.8. The summed E-state index contributed by atoms with van der Waals surface area (Å²) in [4.78, 5) is 11.0. The van der Waals surface area contributed by atoms with Crippen LogP contribution in [0.1, 0.15) is 10.4 Å². The summed E-state index contributed by atoms with van der Waals surface area (Å²) in [5, 5.41) is 10.4. The van der Waals surface area contributed by atoms with E-state index >= 15 is 0 Å². The predicted molar refractivity (Wildman–Crippen MR) is 59.9 cm³/mol. The van der Waals surface area contributed by atoms with Gasteiger partial charge in [0.1, 0.15) is 10.7 Å². The van der Waals surface area contributed by atoms with E-state index in [1.807, 2.05) is 0 Å². The van der Waals surface area contributed by atoms with Gasteiger partial charge in [-0.3, -0.25) is 0 Å². The van der Waals surface area contributed by atoms with Gasteiger partial charge in [-0.1, -0.05) is 29.3 Å². The Morgan fingerprint density at radius 1 is 1.40 bits per heavy atom. The van der Waals surface area contributed by atoms with Crippen LogP contribution in [0.5, 0.6) is 0 Å². The second kappa shape index (κ2) is 3.43. The highest BCUT2D eigenvalue weighted by Crippen LogP contribution is 2.30. The molecule has 0 amide bonds. The smallest absolute Gasteiger partial charge is 0.339 e. The molecular formula is C10H7Cl2NO2. The van der Waals surface area contributed by atoms with E-state index < -0.39 is 5.97 Å². The topological polar surface area (TPSA) is 42.2 Å². The minimum absolute atomic E-state index is 0.117. The van der Waals surface area contributed by atoms with Crippen LogP contribution in [0.3, 0.4) is 0 Å². The molecule has 1 heterocycles. The number of nitrogens with zero attached hydrogens (tertiary/aromatic N) is 1. The number of hydrogen-bond acceptors (Lipinski definition) is 1. The van der Waals surface area contributed by atoms with Gasteiger partial charge in [0.2, 0.25) is 0 Å². The van der Waals surface area contributed by atoms with Gasteiger partial charge >= 0.3 is 5.97 Å². The highest BCUT2D eigenvalue weighted by atomic mass is 35.5. The molecule has 0 aliphatic carbocycles. The third-order valence-electron chi connectivity index (χ3n) is 2.31. The number of benzene rings is 1. The minimum atomic E-state index is -1.03. The molecule has 3 nitrogen and oxygen atoms in total. The molecule has 0 saturated carbocycles. The van der Waals surface area contributed by atoms with Gasteiger partial charge in [-0.05, 0) is 12.1 Å². The lowest BCUT2D eigenvalue weighted by Crippen LogP contribution is -1.96. The van der Waals surface area contributed by atoms with Gasteiger partial charge in [0.25, 0.3) is 0 Å². The molecule has 0 spiro atoms. The van der Waals surface area contributed by atoms with Crippen molar-refractivity contribution in [3.05, 3.63) is 33.9 Å². The number of aromatic carboxylic acids is 1. The second-order valence-corrected chi connectivity index (χ2v) is 3.99. The molecule has 15 heavy (non-hydrogen) atoms. The third-order valence-corrected chi connectivity index (χ3v) is 2.98. The summed E-state index contributed by atoms with van der Waals surface area (Å²) in [5.41, 5.74) is 0.829. The monoisotopic (exact) mass is 243 g/mol. The average molecular weight is 244 g/mol.